The van der Waals surface area contributed by atoms with Crippen molar-refractivity contribution in [2.75, 3.05) is 0 Å². The Morgan fingerprint density at radius 1 is 1.23 bits per heavy atom. The number of hydrogen-bond acceptors (Lipinski definition) is 3. The fourth-order valence-electron chi connectivity index (χ4n) is 1.18. The van der Waals surface area contributed by atoms with Crippen molar-refractivity contribution >= 4 is 16.8 Å². The van der Waals surface area contributed by atoms with Gasteiger partial charge in [0.1, 0.15) is 5.52 Å². The molecule has 4 heteroatoms. The molecule has 0 aromatic carbocycles. The lowest BCUT2D eigenvalue weighted by molar-refractivity contribution is 0.0997. The first-order chi connectivity index (χ1) is 6.29. The number of hydrogen-bond donors (Lipinski definition) is 1. The minimum atomic E-state index is -0.552. The van der Waals surface area contributed by atoms with Crippen molar-refractivity contribution in [3.63, 3.8) is 0 Å². The average Bonchev–Trinajstić information content (AvgIpc) is 2.17. The van der Waals surface area contributed by atoms with Crippen molar-refractivity contribution < 1.29 is 4.79 Å². The molecule has 0 radical (unpaired) electrons. The van der Waals surface area contributed by atoms with E-state index >= 15 is 0 Å². The van der Waals surface area contributed by atoms with Crippen molar-refractivity contribution in [1.82, 2.24) is 9.97 Å². The SMILES string of the molecule is NC(=O)c1nccc2cccnc12. The van der Waals surface area contributed by atoms with Gasteiger partial charge in [-0.15, -0.1) is 0 Å². The number of nitrogens with two attached hydrogens (primary N) is 1. The Morgan fingerprint density at radius 3 is 2.85 bits per heavy atom. The Hall–Kier alpha value is -1.97. The summed E-state index contributed by atoms with van der Waals surface area (Å²) in [6, 6.07) is 5.44. The summed E-state index contributed by atoms with van der Waals surface area (Å²) in [5.74, 6) is -0.552. The third-order valence-corrected chi connectivity index (χ3v) is 1.75. The summed E-state index contributed by atoms with van der Waals surface area (Å²) >= 11 is 0. The largest absolute Gasteiger partial charge is 0.364 e. The molecule has 64 valence electrons. The maximum atomic E-state index is 10.9. The zero-order valence-electron chi connectivity index (χ0n) is 6.77. The molecular weight excluding hydrogens is 166 g/mol. The van der Waals surface area contributed by atoms with E-state index in [-0.39, 0.29) is 5.69 Å². The molecule has 0 spiro atoms. The van der Waals surface area contributed by atoms with Crippen LogP contribution in [-0.4, -0.2) is 15.9 Å². The third-order valence-electron chi connectivity index (χ3n) is 1.75. The Bertz CT molecular complexity index is 462. The predicted molar refractivity (Wildman–Crippen MR) is 48.1 cm³/mol. The molecule has 4 nitrogen and oxygen atoms in total. The van der Waals surface area contributed by atoms with Crippen LogP contribution in [0, 0.1) is 0 Å². The quantitative estimate of drug-likeness (QED) is 0.691. The van der Waals surface area contributed by atoms with E-state index in [2.05, 4.69) is 9.97 Å². The van der Waals surface area contributed by atoms with E-state index in [1.54, 1.807) is 24.5 Å². The summed E-state index contributed by atoms with van der Waals surface area (Å²) in [5.41, 5.74) is 5.91. The van der Waals surface area contributed by atoms with E-state index < -0.39 is 5.91 Å². The molecule has 0 atom stereocenters. The molecule has 2 aromatic rings. The van der Waals surface area contributed by atoms with Crippen LogP contribution in [0.25, 0.3) is 10.9 Å². The molecule has 1 amide bonds. The zero-order valence-corrected chi connectivity index (χ0v) is 6.77. The molecular formula is C9H7N3O. The van der Waals surface area contributed by atoms with Crippen LogP contribution in [0.2, 0.25) is 0 Å². The van der Waals surface area contributed by atoms with Crippen molar-refractivity contribution in [3.8, 4) is 0 Å². The first-order valence-electron chi connectivity index (χ1n) is 3.78. The first kappa shape index (κ1) is 7.67. The number of aromatic nitrogens is 2. The topological polar surface area (TPSA) is 68.9 Å². The fraction of sp³-hybridized carbons (Fsp3) is 0. The van der Waals surface area contributed by atoms with E-state index in [1.807, 2.05) is 6.07 Å². The van der Waals surface area contributed by atoms with Gasteiger partial charge < -0.3 is 5.73 Å². The van der Waals surface area contributed by atoms with Gasteiger partial charge >= 0.3 is 0 Å². The maximum absolute atomic E-state index is 10.9. The second-order valence-electron chi connectivity index (χ2n) is 2.60. The second kappa shape index (κ2) is 2.82. The van der Waals surface area contributed by atoms with Gasteiger partial charge in [0.15, 0.2) is 5.69 Å². The Morgan fingerprint density at radius 2 is 2.08 bits per heavy atom. The Balaban J connectivity index is 2.83. The molecule has 2 aromatic heterocycles. The number of nitrogens with zero attached hydrogens (tertiary/aromatic N) is 2. The van der Waals surface area contributed by atoms with Gasteiger partial charge in [0.25, 0.3) is 5.91 Å². The summed E-state index contributed by atoms with van der Waals surface area (Å²) in [4.78, 5) is 18.8. The van der Waals surface area contributed by atoms with E-state index in [0.29, 0.717) is 5.52 Å². The lowest BCUT2D eigenvalue weighted by Crippen LogP contribution is -2.13. The van der Waals surface area contributed by atoms with Crippen molar-refractivity contribution in [3.05, 3.63) is 36.3 Å². The molecule has 0 fully saturated rings. The molecule has 0 aliphatic heterocycles. The van der Waals surface area contributed by atoms with E-state index in [0.717, 1.165) is 5.39 Å². The molecule has 0 aliphatic carbocycles. The van der Waals surface area contributed by atoms with E-state index in [1.165, 1.54) is 0 Å². The zero-order chi connectivity index (χ0) is 9.26. The normalized spacial score (nSPS) is 10.2. The van der Waals surface area contributed by atoms with Gasteiger partial charge in [-0.25, -0.2) is 4.98 Å². The lowest BCUT2D eigenvalue weighted by Gasteiger charge is -1.99. The third kappa shape index (κ3) is 1.22. The highest BCUT2D eigenvalue weighted by Gasteiger charge is 2.07. The molecule has 2 N–H and O–H groups in total. The van der Waals surface area contributed by atoms with Crippen molar-refractivity contribution in [1.29, 1.82) is 0 Å². The van der Waals surface area contributed by atoms with Crippen LogP contribution in [0.4, 0.5) is 0 Å². The van der Waals surface area contributed by atoms with E-state index in [4.69, 9.17) is 5.73 Å². The predicted octanol–water partition coefficient (Wildman–Crippen LogP) is 0.729. The minimum absolute atomic E-state index is 0.220. The molecule has 2 rings (SSSR count). The number of carbonyl (C=O) groups excluding carboxylic acids is 1. The van der Waals surface area contributed by atoms with Crippen LogP contribution in [0.3, 0.4) is 0 Å². The standard InChI is InChI=1S/C9H7N3O/c10-9(13)8-7-6(3-5-12-8)2-1-4-11-7/h1-5H,(H2,10,13). The highest BCUT2D eigenvalue weighted by atomic mass is 16.1. The molecule has 0 bridgehead atoms. The summed E-state index contributed by atoms with van der Waals surface area (Å²) in [6.45, 7) is 0. The summed E-state index contributed by atoms with van der Waals surface area (Å²) in [5, 5.41) is 0.867. The number of rotatable bonds is 1. The fourth-order valence-corrected chi connectivity index (χ4v) is 1.18. The van der Waals surface area contributed by atoms with Gasteiger partial charge in [0.2, 0.25) is 0 Å². The number of carbonyl (C=O) groups is 1. The molecule has 13 heavy (non-hydrogen) atoms. The average molecular weight is 173 g/mol. The molecule has 0 unspecified atom stereocenters. The highest BCUT2D eigenvalue weighted by molar-refractivity contribution is 6.02. The minimum Gasteiger partial charge on any atom is -0.364 e. The lowest BCUT2D eigenvalue weighted by atomic mass is 10.2. The van der Waals surface area contributed by atoms with E-state index in [9.17, 15) is 4.79 Å². The van der Waals surface area contributed by atoms with Gasteiger partial charge in [0.05, 0.1) is 0 Å². The van der Waals surface area contributed by atoms with Crippen LogP contribution >= 0.6 is 0 Å². The molecule has 2 heterocycles. The van der Waals surface area contributed by atoms with Crippen LogP contribution in [0.1, 0.15) is 10.5 Å². The van der Waals surface area contributed by atoms with Crippen molar-refractivity contribution in [2.24, 2.45) is 5.73 Å². The Labute approximate surface area is 74.4 Å². The van der Waals surface area contributed by atoms with Crippen LogP contribution in [0.15, 0.2) is 30.6 Å². The smallest absolute Gasteiger partial charge is 0.269 e. The second-order valence-corrected chi connectivity index (χ2v) is 2.60. The van der Waals surface area contributed by atoms with Crippen molar-refractivity contribution in [2.45, 2.75) is 0 Å². The molecule has 0 aliphatic rings. The summed E-state index contributed by atoms with van der Waals surface area (Å²) in [7, 11) is 0. The van der Waals surface area contributed by atoms with Gasteiger partial charge in [-0.1, -0.05) is 6.07 Å². The van der Waals surface area contributed by atoms with Crippen LogP contribution < -0.4 is 5.73 Å². The van der Waals surface area contributed by atoms with Gasteiger partial charge in [0, 0.05) is 17.8 Å². The maximum Gasteiger partial charge on any atom is 0.269 e. The number of primary amides is 1. The van der Waals surface area contributed by atoms with Crippen LogP contribution in [0.5, 0.6) is 0 Å². The molecule has 0 saturated heterocycles. The molecule has 0 saturated carbocycles. The van der Waals surface area contributed by atoms with Gasteiger partial charge in [-0.3, -0.25) is 9.78 Å². The van der Waals surface area contributed by atoms with Gasteiger partial charge in [-0.05, 0) is 12.1 Å². The summed E-state index contributed by atoms with van der Waals surface area (Å²) in [6.07, 6.45) is 3.15. The first-order valence-corrected chi connectivity index (χ1v) is 3.78. The van der Waals surface area contributed by atoms with Crippen LogP contribution in [-0.2, 0) is 0 Å². The number of pyridine rings is 2. The summed E-state index contributed by atoms with van der Waals surface area (Å²) < 4.78 is 0. The number of amides is 1. The number of fused-ring (bicyclic) bond motifs is 1. The highest BCUT2D eigenvalue weighted by Crippen LogP contribution is 2.12. The Kier molecular flexibility index (Phi) is 1.66. The monoisotopic (exact) mass is 173 g/mol. The van der Waals surface area contributed by atoms with Gasteiger partial charge in [-0.2, -0.15) is 0 Å².